The average molecular weight is 280 g/mol. The van der Waals surface area contributed by atoms with Crippen molar-refractivity contribution in [1.29, 1.82) is 0 Å². The Morgan fingerprint density at radius 3 is 2.79 bits per heavy atom. The summed E-state index contributed by atoms with van der Waals surface area (Å²) in [6.07, 6.45) is 0. The highest BCUT2D eigenvalue weighted by molar-refractivity contribution is 7.12. The van der Waals surface area contributed by atoms with Gasteiger partial charge in [-0.25, -0.2) is 9.59 Å². The van der Waals surface area contributed by atoms with E-state index in [1.165, 1.54) is 11.3 Å². The Balaban J connectivity index is 2.16. The first-order chi connectivity index (χ1) is 9.06. The molecule has 4 N–H and O–H groups in total. The standard InChI is InChI=1S/C10H8N4O4S/c11-8(6-2-1-3-19-6)14-18-9(16)5-4-7(15)13-10(17)12-5/h1-4H,(H2,11,14)(H2,12,13,15,17). The third-order valence-corrected chi connectivity index (χ3v) is 2.87. The number of H-pyrrole nitrogens is 2. The number of carbonyl (C=O) groups is 1. The minimum absolute atomic E-state index is 0.0236. The maximum Gasteiger partial charge on any atom is 0.382 e. The Labute approximate surface area is 109 Å². The maximum atomic E-state index is 11.5. The van der Waals surface area contributed by atoms with Crippen molar-refractivity contribution in [2.45, 2.75) is 0 Å². The van der Waals surface area contributed by atoms with Gasteiger partial charge in [0.05, 0.1) is 4.88 Å². The second kappa shape index (κ2) is 5.31. The van der Waals surface area contributed by atoms with Gasteiger partial charge in [-0.3, -0.25) is 9.78 Å². The normalized spacial score (nSPS) is 11.3. The van der Waals surface area contributed by atoms with Crippen LogP contribution in [0.2, 0.25) is 0 Å². The van der Waals surface area contributed by atoms with E-state index < -0.39 is 17.2 Å². The molecule has 8 nitrogen and oxygen atoms in total. The van der Waals surface area contributed by atoms with Crippen LogP contribution < -0.4 is 17.0 Å². The summed E-state index contributed by atoms with van der Waals surface area (Å²) in [5.41, 5.74) is 3.73. The minimum atomic E-state index is -0.984. The zero-order valence-corrected chi connectivity index (χ0v) is 10.2. The van der Waals surface area contributed by atoms with Gasteiger partial charge in [0.25, 0.3) is 5.56 Å². The fourth-order valence-corrected chi connectivity index (χ4v) is 1.81. The van der Waals surface area contributed by atoms with Crippen LogP contribution in [0.15, 0.2) is 38.3 Å². The van der Waals surface area contributed by atoms with E-state index in [2.05, 4.69) is 15.0 Å². The molecule has 0 aromatic carbocycles. The molecule has 98 valence electrons. The second-order valence-corrected chi connectivity index (χ2v) is 4.28. The Kier molecular flexibility index (Phi) is 3.57. The van der Waals surface area contributed by atoms with Gasteiger partial charge in [0.1, 0.15) is 5.69 Å². The van der Waals surface area contributed by atoms with Crippen LogP contribution in [0.25, 0.3) is 0 Å². The smallest absolute Gasteiger partial charge is 0.380 e. The van der Waals surface area contributed by atoms with E-state index in [1.807, 2.05) is 4.98 Å². The van der Waals surface area contributed by atoms with Crippen molar-refractivity contribution in [1.82, 2.24) is 9.97 Å². The lowest BCUT2D eigenvalue weighted by atomic mass is 10.4. The third-order valence-electron chi connectivity index (χ3n) is 1.98. The molecule has 2 aromatic heterocycles. The molecule has 2 rings (SSSR count). The highest BCUT2D eigenvalue weighted by atomic mass is 32.1. The van der Waals surface area contributed by atoms with Gasteiger partial charge in [0.15, 0.2) is 5.84 Å². The maximum absolute atomic E-state index is 11.5. The number of rotatable bonds is 3. The largest absolute Gasteiger partial charge is 0.382 e. The summed E-state index contributed by atoms with van der Waals surface area (Å²) in [6.45, 7) is 0. The topological polar surface area (TPSA) is 130 Å². The molecule has 0 saturated carbocycles. The number of oxime groups is 1. The summed E-state index contributed by atoms with van der Waals surface area (Å²) in [4.78, 5) is 42.7. The molecule has 2 heterocycles. The lowest BCUT2D eigenvalue weighted by molar-refractivity contribution is 0.0508. The fraction of sp³-hybridized carbons (Fsp3) is 0. The number of amidine groups is 1. The van der Waals surface area contributed by atoms with Crippen LogP contribution in [0.3, 0.4) is 0 Å². The van der Waals surface area contributed by atoms with Crippen LogP contribution in [-0.2, 0) is 4.84 Å². The molecule has 0 fully saturated rings. The van der Waals surface area contributed by atoms with E-state index in [4.69, 9.17) is 5.73 Å². The first kappa shape index (κ1) is 12.8. The van der Waals surface area contributed by atoms with E-state index in [0.29, 0.717) is 4.88 Å². The molecule has 0 aliphatic rings. The Hall–Kier alpha value is -2.68. The summed E-state index contributed by atoms with van der Waals surface area (Å²) in [5.74, 6) is -0.960. The number of thiophene rings is 1. The van der Waals surface area contributed by atoms with E-state index in [9.17, 15) is 14.4 Å². The van der Waals surface area contributed by atoms with Crippen LogP contribution in [0.5, 0.6) is 0 Å². The molecule has 2 aromatic rings. The summed E-state index contributed by atoms with van der Waals surface area (Å²) in [5, 5.41) is 5.21. The van der Waals surface area contributed by atoms with E-state index >= 15 is 0 Å². The van der Waals surface area contributed by atoms with Crippen LogP contribution in [-0.4, -0.2) is 21.8 Å². The molecule has 0 bridgehead atoms. The van der Waals surface area contributed by atoms with Crippen LogP contribution in [0, 0.1) is 0 Å². The third kappa shape index (κ3) is 3.16. The number of aromatic amines is 2. The van der Waals surface area contributed by atoms with Crippen LogP contribution >= 0.6 is 11.3 Å². The van der Waals surface area contributed by atoms with Crippen molar-refractivity contribution in [2.75, 3.05) is 0 Å². The Morgan fingerprint density at radius 1 is 1.37 bits per heavy atom. The number of hydrogen-bond donors (Lipinski definition) is 3. The molecule has 0 spiro atoms. The number of carbonyl (C=O) groups excluding carboxylic acids is 1. The van der Waals surface area contributed by atoms with Crippen molar-refractivity contribution in [3.05, 3.63) is 55.0 Å². The van der Waals surface area contributed by atoms with Gasteiger partial charge >= 0.3 is 11.7 Å². The lowest BCUT2D eigenvalue weighted by Gasteiger charge is -1.98. The molecular formula is C10H8N4O4S. The summed E-state index contributed by atoms with van der Waals surface area (Å²) < 4.78 is 0. The van der Waals surface area contributed by atoms with Crippen molar-refractivity contribution in [3.63, 3.8) is 0 Å². The van der Waals surface area contributed by atoms with Gasteiger partial charge in [0.2, 0.25) is 0 Å². The highest BCUT2D eigenvalue weighted by Crippen LogP contribution is 2.07. The lowest BCUT2D eigenvalue weighted by Crippen LogP contribution is -2.25. The van der Waals surface area contributed by atoms with Gasteiger partial charge in [-0.1, -0.05) is 11.2 Å². The van der Waals surface area contributed by atoms with Crippen LogP contribution in [0.1, 0.15) is 15.4 Å². The molecule has 0 aliphatic heterocycles. The first-order valence-corrected chi connectivity index (χ1v) is 5.86. The molecule has 19 heavy (non-hydrogen) atoms. The summed E-state index contributed by atoms with van der Waals surface area (Å²) in [6, 6.07) is 4.35. The fourth-order valence-electron chi connectivity index (χ4n) is 1.19. The van der Waals surface area contributed by atoms with Gasteiger partial charge in [-0.05, 0) is 11.4 Å². The molecule has 0 radical (unpaired) electrons. The first-order valence-electron chi connectivity index (χ1n) is 4.98. The minimum Gasteiger partial charge on any atom is -0.380 e. The zero-order chi connectivity index (χ0) is 13.8. The van der Waals surface area contributed by atoms with Crippen molar-refractivity contribution < 1.29 is 9.63 Å². The molecule has 9 heteroatoms. The zero-order valence-electron chi connectivity index (χ0n) is 9.38. The monoisotopic (exact) mass is 280 g/mol. The summed E-state index contributed by atoms with van der Waals surface area (Å²) >= 11 is 1.32. The molecule has 0 aliphatic carbocycles. The van der Waals surface area contributed by atoms with Crippen molar-refractivity contribution in [3.8, 4) is 0 Å². The van der Waals surface area contributed by atoms with Gasteiger partial charge in [-0.15, -0.1) is 11.3 Å². The number of nitrogens with one attached hydrogen (secondary N) is 2. The summed E-state index contributed by atoms with van der Waals surface area (Å²) in [7, 11) is 0. The quantitative estimate of drug-likeness (QED) is 0.305. The molecule has 0 atom stereocenters. The predicted molar refractivity (Wildman–Crippen MR) is 68.1 cm³/mol. The number of nitrogens with two attached hydrogens (primary N) is 1. The second-order valence-electron chi connectivity index (χ2n) is 3.33. The van der Waals surface area contributed by atoms with E-state index in [0.717, 1.165) is 6.07 Å². The molecule has 0 saturated heterocycles. The predicted octanol–water partition coefficient (Wildman–Crippen LogP) is -0.398. The number of hydrogen-bond acceptors (Lipinski definition) is 6. The van der Waals surface area contributed by atoms with Crippen molar-refractivity contribution in [2.24, 2.45) is 10.9 Å². The van der Waals surface area contributed by atoms with Crippen LogP contribution in [0.4, 0.5) is 0 Å². The van der Waals surface area contributed by atoms with Gasteiger partial charge < -0.3 is 15.6 Å². The highest BCUT2D eigenvalue weighted by Gasteiger charge is 2.10. The molecular weight excluding hydrogens is 272 g/mol. The van der Waals surface area contributed by atoms with Crippen molar-refractivity contribution >= 4 is 23.1 Å². The molecule has 0 unspecified atom stereocenters. The molecule has 0 amide bonds. The van der Waals surface area contributed by atoms with Gasteiger partial charge in [0, 0.05) is 6.07 Å². The van der Waals surface area contributed by atoms with E-state index in [-0.39, 0.29) is 11.5 Å². The SMILES string of the molecule is N/C(=N\OC(=O)c1cc(=O)[nH]c(=O)[nH]1)c1cccs1. The number of aromatic nitrogens is 2. The Bertz CT molecular complexity index is 700. The average Bonchev–Trinajstić information content (AvgIpc) is 2.88. The Morgan fingerprint density at radius 2 is 2.16 bits per heavy atom. The van der Waals surface area contributed by atoms with Gasteiger partial charge in [-0.2, -0.15) is 0 Å². The van der Waals surface area contributed by atoms with E-state index in [1.54, 1.807) is 17.5 Å². The number of nitrogens with zero attached hydrogens (tertiary/aromatic N) is 1.